The van der Waals surface area contributed by atoms with Gasteiger partial charge in [0.2, 0.25) is 5.91 Å². The minimum Gasteiger partial charge on any atom is -0.494 e. The summed E-state index contributed by atoms with van der Waals surface area (Å²) in [5, 5.41) is 0.535. The maximum absolute atomic E-state index is 12.7. The largest absolute Gasteiger partial charge is 0.494 e. The maximum atomic E-state index is 12.7. The van der Waals surface area contributed by atoms with E-state index >= 15 is 0 Å². The van der Waals surface area contributed by atoms with Crippen LogP contribution >= 0.6 is 11.6 Å². The molecule has 2 aliphatic rings. The Morgan fingerprint density at radius 1 is 1.12 bits per heavy atom. The number of nitrogens with zero attached hydrogens (tertiary/aromatic N) is 1. The van der Waals surface area contributed by atoms with Gasteiger partial charge in [-0.3, -0.25) is 9.59 Å². The molecule has 0 aromatic heterocycles. The van der Waals surface area contributed by atoms with E-state index in [2.05, 4.69) is 32.9 Å². The van der Waals surface area contributed by atoms with Gasteiger partial charge >= 0.3 is 0 Å². The molecule has 1 amide bonds. The lowest BCUT2D eigenvalue weighted by Crippen LogP contribution is -2.52. The van der Waals surface area contributed by atoms with Crippen molar-refractivity contribution in [2.75, 3.05) is 19.7 Å². The van der Waals surface area contributed by atoms with E-state index < -0.39 is 5.60 Å². The highest BCUT2D eigenvalue weighted by atomic mass is 35.5. The van der Waals surface area contributed by atoms with Crippen LogP contribution < -0.4 is 9.47 Å². The normalized spacial score (nSPS) is 17.5. The zero-order valence-electron chi connectivity index (χ0n) is 19.7. The number of rotatable bonds is 5. The van der Waals surface area contributed by atoms with Crippen LogP contribution in [0.15, 0.2) is 42.5 Å². The first-order valence-corrected chi connectivity index (χ1v) is 12.1. The number of ketones is 1. The number of benzene rings is 2. The number of carbonyl (C=O) groups is 2. The van der Waals surface area contributed by atoms with Gasteiger partial charge in [-0.15, -0.1) is 0 Å². The number of halogens is 1. The van der Waals surface area contributed by atoms with Crippen molar-refractivity contribution in [3.8, 4) is 11.5 Å². The topological polar surface area (TPSA) is 55.8 Å². The van der Waals surface area contributed by atoms with Crippen molar-refractivity contribution in [1.82, 2.24) is 4.90 Å². The highest BCUT2D eigenvalue weighted by molar-refractivity contribution is 6.31. The van der Waals surface area contributed by atoms with Gasteiger partial charge < -0.3 is 14.4 Å². The summed E-state index contributed by atoms with van der Waals surface area (Å²) in [5.74, 6) is 1.62. The van der Waals surface area contributed by atoms with Crippen LogP contribution in [0.5, 0.6) is 11.5 Å². The van der Waals surface area contributed by atoms with Crippen molar-refractivity contribution >= 4 is 23.3 Å². The number of carbonyl (C=O) groups excluding carboxylic acids is 2. The fourth-order valence-corrected chi connectivity index (χ4v) is 4.70. The summed E-state index contributed by atoms with van der Waals surface area (Å²) >= 11 is 6.02. The third kappa shape index (κ3) is 5.52. The zero-order valence-corrected chi connectivity index (χ0v) is 20.4. The van der Waals surface area contributed by atoms with Crippen LogP contribution in [0.3, 0.4) is 0 Å². The molecule has 176 valence electrons. The Morgan fingerprint density at radius 3 is 2.48 bits per heavy atom. The molecule has 4 rings (SSSR count). The van der Waals surface area contributed by atoms with Gasteiger partial charge in [-0.2, -0.15) is 0 Å². The van der Waals surface area contributed by atoms with Crippen molar-refractivity contribution in [3.63, 3.8) is 0 Å². The second kappa shape index (κ2) is 9.38. The molecule has 33 heavy (non-hydrogen) atoms. The van der Waals surface area contributed by atoms with Crippen LogP contribution in [0.2, 0.25) is 5.02 Å². The molecule has 5 nitrogen and oxygen atoms in total. The van der Waals surface area contributed by atoms with E-state index in [1.807, 2.05) is 17.0 Å². The number of hydrogen-bond acceptors (Lipinski definition) is 4. The van der Waals surface area contributed by atoms with Gasteiger partial charge in [-0.1, -0.05) is 44.5 Å². The number of hydrogen-bond donors (Lipinski definition) is 0. The maximum Gasteiger partial charge on any atom is 0.222 e. The third-order valence-electron chi connectivity index (χ3n) is 6.60. The fraction of sp³-hybridized carbons (Fsp3) is 0.481. The number of ether oxygens (including phenoxy) is 2. The molecule has 2 aromatic carbocycles. The molecule has 6 heteroatoms. The molecule has 0 N–H and O–H groups in total. The lowest BCUT2D eigenvalue weighted by molar-refractivity contribution is -0.135. The predicted molar refractivity (Wildman–Crippen MR) is 129 cm³/mol. The Morgan fingerprint density at radius 2 is 1.82 bits per heavy atom. The summed E-state index contributed by atoms with van der Waals surface area (Å²) < 4.78 is 12.1. The SMILES string of the molecule is CC(C)(C)c1ccc(OCCCC(=O)N2CCC3(CC2)CC(=O)c2cc(Cl)ccc2O3)cc1. The minimum absolute atomic E-state index is 0.0613. The average molecular weight is 470 g/mol. The molecule has 1 fully saturated rings. The summed E-state index contributed by atoms with van der Waals surface area (Å²) in [4.78, 5) is 27.2. The molecule has 0 aliphatic carbocycles. The van der Waals surface area contributed by atoms with Crippen LogP contribution in [0.4, 0.5) is 0 Å². The average Bonchev–Trinajstić information content (AvgIpc) is 2.77. The molecule has 2 heterocycles. The second-order valence-electron chi connectivity index (χ2n) is 10.1. The molecule has 0 saturated carbocycles. The molecule has 1 saturated heterocycles. The fourth-order valence-electron chi connectivity index (χ4n) is 4.53. The van der Waals surface area contributed by atoms with Crippen molar-refractivity contribution in [2.24, 2.45) is 0 Å². The van der Waals surface area contributed by atoms with E-state index in [9.17, 15) is 9.59 Å². The molecule has 2 aromatic rings. The van der Waals surface area contributed by atoms with E-state index in [-0.39, 0.29) is 17.1 Å². The Labute approximate surface area is 201 Å². The molecule has 0 atom stereocenters. The monoisotopic (exact) mass is 469 g/mol. The highest BCUT2D eigenvalue weighted by Crippen LogP contribution is 2.40. The van der Waals surface area contributed by atoms with Gasteiger partial charge in [0.05, 0.1) is 18.6 Å². The van der Waals surface area contributed by atoms with E-state index in [0.717, 1.165) is 5.75 Å². The molecule has 0 radical (unpaired) electrons. The van der Waals surface area contributed by atoms with Crippen LogP contribution in [0.25, 0.3) is 0 Å². The Hall–Kier alpha value is -2.53. The van der Waals surface area contributed by atoms with Gasteiger partial charge in [0.1, 0.15) is 17.1 Å². The first-order valence-electron chi connectivity index (χ1n) is 11.7. The van der Waals surface area contributed by atoms with Crippen LogP contribution in [0.1, 0.15) is 68.8 Å². The van der Waals surface area contributed by atoms with E-state index in [4.69, 9.17) is 21.1 Å². The molecule has 0 bridgehead atoms. The summed E-state index contributed by atoms with van der Waals surface area (Å²) in [6.45, 7) is 8.27. The van der Waals surface area contributed by atoms with E-state index in [1.165, 1.54) is 5.56 Å². The lowest BCUT2D eigenvalue weighted by Gasteiger charge is -2.44. The zero-order chi connectivity index (χ0) is 23.6. The van der Waals surface area contributed by atoms with Crippen LogP contribution in [-0.2, 0) is 10.2 Å². The van der Waals surface area contributed by atoms with Crippen molar-refractivity contribution in [1.29, 1.82) is 0 Å². The van der Waals surface area contributed by atoms with Gasteiger partial charge in [-0.05, 0) is 47.7 Å². The molecule has 0 unspecified atom stereocenters. The first-order chi connectivity index (χ1) is 15.7. The standard InChI is InChI=1S/C27H32ClNO4/c1-26(2,3)19-6-9-21(10-7-19)32-16-4-5-25(31)29-14-12-27(13-15-29)18-23(30)22-17-20(28)8-11-24(22)33-27/h6-11,17H,4-5,12-16,18H2,1-3H3. The van der Waals surface area contributed by atoms with Crippen molar-refractivity contribution in [3.05, 3.63) is 58.6 Å². The van der Waals surface area contributed by atoms with Gasteiger partial charge in [-0.25, -0.2) is 0 Å². The summed E-state index contributed by atoms with van der Waals surface area (Å²) in [5.41, 5.74) is 1.42. The smallest absolute Gasteiger partial charge is 0.222 e. The molecular formula is C27H32ClNO4. The molecule has 1 spiro atoms. The number of fused-ring (bicyclic) bond motifs is 1. The minimum atomic E-state index is -0.517. The van der Waals surface area contributed by atoms with Gasteiger partial charge in [0, 0.05) is 37.4 Å². The quantitative estimate of drug-likeness (QED) is 0.517. The number of Topliss-reactive ketones (excluding diaryl/α,β-unsaturated/α-hetero) is 1. The summed E-state index contributed by atoms with van der Waals surface area (Å²) in [7, 11) is 0. The highest BCUT2D eigenvalue weighted by Gasteiger charge is 2.43. The number of likely N-dealkylation sites (tertiary alicyclic amines) is 1. The van der Waals surface area contributed by atoms with Gasteiger partial charge in [0.15, 0.2) is 5.78 Å². The summed E-state index contributed by atoms with van der Waals surface area (Å²) in [6, 6.07) is 13.3. The predicted octanol–water partition coefficient (Wildman–Crippen LogP) is 5.82. The molecular weight excluding hydrogens is 438 g/mol. The lowest BCUT2D eigenvalue weighted by atomic mass is 9.82. The van der Waals surface area contributed by atoms with Crippen molar-refractivity contribution < 1.29 is 19.1 Å². The Kier molecular flexibility index (Phi) is 6.71. The van der Waals surface area contributed by atoms with Crippen molar-refractivity contribution in [2.45, 2.75) is 63.9 Å². The number of amides is 1. The third-order valence-corrected chi connectivity index (χ3v) is 6.84. The second-order valence-corrected chi connectivity index (χ2v) is 10.6. The first kappa shape index (κ1) is 23.6. The van der Waals surface area contributed by atoms with E-state index in [0.29, 0.717) is 68.1 Å². The number of piperidine rings is 1. The molecule has 2 aliphatic heterocycles. The van der Waals surface area contributed by atoms with E-state index in [1.54, 1.807) is 18.2 Å². The van der Waals surface area contributed by atoms with Crippen LogP contribution in [0, 0.1) is 0 Å². The summed E-state index contributed by atoms with van der Waals surface area (Å²) in [6.07, 6.45) is 2.77. The Bertz CT molecular complexity index is 1020. The Balaban J connectivity index is 1.22. The van der Waals surface area contributed by atoms with Gasteiger partial charge in [0.25, 0.3) is 0 Å². The van der Waals surface area contributed by atoms with Crippen LogP contribution in [-0.4, -0.2) is 41.9 Å².